The average molecular weight is 459 g/mol. The predicted octanol–water partition coefficient (Wildman–Crippen LogP) is 10.3. The molecule has 192 valence electrons. The van der Waals surface area contributed by atoms with E-state index < -0.39 is 0 Å². The van der Waals surface area contributed by atoms with Gasteiger partial charge in [-0.25, -0.2) is 0 Å². The number of carbonyl (C=O) groups excluding carboxylic acids is 1. The molecule has 1 heteroatoms. The maximum Gasteiger partial charge on any atom is 0.135 e. The van der Waals surface area contributed by atoms with Crippen molar-refractivity contribution in [3.63, 3.8) is 0 Å². The molecule has 3 fully saturated rings. The van der Waals surface area contributed by atoms with Crippen molar-refractivity contribution in [1.29, 1.82) is 0 Å². The molecule has 3 aliphatic carbocycles. The number of hydrogen-bond acceptors (Lipinski definition) is 1. The minimum Gasteiger partial charge on any atom is -0.299 e. The summed E-state index contributed by atoms with van der Waals surface area (Å²) in [4.78, 5) is 12.5. The predicted molar refractivity (Wildman–Crippen MR) is 143 cm³/mol. The summed E-state index contributed by atoms with van der Waals surface area (Å²) in [5.74, 6) is 6.13. The van der Waals surface area contributed by atoms with Gasteiger partial charge in [-0.3, -0.25) is 4.79 Å². The Hall–Kier alpha value is -0.330. The van der Waals surface area contributed by atoms with Crippen LogP contribution in [-0.2, 0) is 4.79 Å². The standard InChI is InChI=1S/C32H58O/c1-3-5-6-7-9-32(33)31-24-22-30(23-25-31)21-20-29-18-16-28(17-19-29)15-14-27-12-10-26(8-4-2)11-13-27/h26-31H,3-25H2,1-2H3/t26-,27-,28-,29-,30-,31-. The molecule has 0 saturated heterocycles. The lowest BCUT2D eigenvalue weighted by molar-refractivity contribution is -0.124. The monoisotopic (exact) mass is 458 g/mol. The van der Waals surface area contributed by atoms with Crippen LogP contribution in [0.3, 0.4) is 0 Å². The van der Waals surface area contributed by atoms with Gasteiger partial charge in [-0.2, -0.15) is 0 Å². The van der Waals surface area contributed by atoms with Gasteiger partial charge in [0.25, 0.3) is 0 Å². The van der Waals surface area contributed by atoms with E-state index in [-0.39, 0.29) is 0 Å². The summed E-state index contributed by atoms with van der Waals surface area (Å²) in [5.41, 5.74) is 0. The van der Waals surface area contributed by atoms with Gasteiger partial charge < -0.3 is 0 Å². The Labute approximate surface area is 207 Å². The fourth-order valence-corrected chi connectivity index (χ4v) is 7.67. The Bertz CT molecular complexity index is 501. The van der Waals surface area contributed by atoms with Crippen molar-refractivity contribution in [2.75, 3.05) is 0 Å². The SMILES string of the molecule is CCCCCCC(=O)[C@H]1CC[C@H](CC[C@H]2CC[C@H](CC[C@H]3CC[C@H](CCC)CC3)CC2)CC1. The maximum atomic E-state index is 12.5. The largest absolute Gasteiger partial charge is 0.299 e. The van der Waals surface area contributed by atoms with Gasteiger partial charge in [0.15, 0.2) is 0 Å². The lowest BCUT2D eigenvalue weighted by Crippen LogP contribution is -2.23. The number of rotatable bonds is 14. The van der Waals surface area contributed by atoms with Gasteiger partial charge in [-0.05, 0) is 61.7 Å². The van der Waals surface area contributed by atoms with E-state index in [2.05, 4.69) is 13.8 Å². The van der Waals surface area contributed by atoms with Gasteiger partial charge in [-0.1, -0.05) is 123 Å². The highest BCUT2D eigenvalue weighted by Gasteiger charge is 2.28. The smallest absolute Gasteiger partial charge is 0.135 e. The van der Waals surface area contributed by atoms with E-state index in [4.69, 9.17) is 0 Å². The highest BCUT2D eigenvalue weighted by molar-refractivity contribution is 5.81. The maximum absolute atomic E-state index is 12.5. The van der Waals surface area contributed by atoms with Crippen LogP contribution in [-0.4, -0.2) is 5.78 Å². The molecule has 3 rings (SSSR count). The molecule has 0 atom stereocenters. The average Bonchev–Trinajstić information content (AvgIpc) is 2.86. The van der Waals surface area contributed by atoms with Crippen molar-refractivity contribution in [1.82, 2.24) is 0 Å². The molecule has 0 bridgehead atoms. The molecule has 0 spiro atoms. The van der Waals surface area contributed by atoms with Crippen molar-refractivity contribution in [3.8, 4) is 0 Å². The molecule has 3 aliphatic rings. The van der Waals surface area contributed by atoms with Crippen LogP contribution in [0.25, 0.3) is 0 Å². The third kappa shape index (κ3) is 10.0. The first kappa shape index (κ1) is 27.3. The van der Waals surface area contributed by atoms with E-state index in [9.17, 15) is 4.79 Å². The van der Waals surface area contributed by atoms with Crippen LogP contribution >= 0.6 is 0 Å². The fraction of sp³-hybridized carbons (Fsp3) is 0.969. The van der Waals surface area contributed by atoms with Gasteiger partial charge >= 0.3 is 0 Å². The molecule has 1 nitrogen and oxygen atoms in total. The van der Waals surface area contributed by atoms with Gasteiger partial charge in [0.1, 0.15) is 5.78 Å². The zero-order valence-electron chi connectivity index (χ0n) is 22.6. The first-order valence-corrected chi connectivity index (χ1v) is 15.7. The van der Waals surface area contributed by atoms with Gasteiger partial charge in [0, 0.05) is 12.3 Å². The molecule has 0 heterocycles. The second-order valence-corrected chi connectivity index (χ2v) is 12.7. The van der Waals surface area contributed by atoms with Crippen molar-refractivity contribution in [2.24, 2.45) is 35.5 Å². The van der Waals surface area contributed by atoms with Crippen molar-refractivity contribution < 1.29 is 4.79 Å². The fourth-order valence-electron chi connectivity index (χ4n) is 7.67. The topological polar surface area (TPSA) is 17.1 Å². The highest BCUT2D eigenvalue weighted by Crippen LogP contribution is 2.40. The summed E-state index contributed by atoms with van der Waals surface area (Å²) >= 11 is 0. The van der Waals surface area contributed by atoms with E-state index in [1.54, 1.807) is 0 Å². The molecule has 0 radical (unpaired) electrons. The molecule has 0 aromatic carbocycles. The molecule has 3 saturated carbocycles. The summed E-state index contributed by atoms with van der Waals surface area (Å²) in [6.45, 7) is 4.60. The Kier molecular flexibility index (Phi) is 12.9. The number of unbranched alkanes of at least 4 members (excludes halogenated alkanes) is 3. The summed E-state index contributed by atoms with van der Waals surface area (Å²) in [5, 5.41) is 0. The van der Waals surface area contributed by atoms with Crippen LogP contribution in [0.2, 0.25) is 0 Å². The minimum absolute atomic E-state index is 0.417. The van der Waals surface area contributed by atoms with Crippen LogP contribution in [0.1, 0.15) is 162 Å². The molecule has 33 heavy (non-hydrogen) atoms. The normalized spacial score (nSPS) is 33.2. The molecular formula is C32H58O. The molecular weight excluding hydrogens is 400 g/mol. The Morgan fingerprint density at radius 2 is 0.879 bits per heavy atom. The molecule has 0 aromatic rings. The van der Waals surface area contributed by atoms with Crippen molar-refractivity contribution in [2.45, 2.75) is 162 Å². The zero-order valence-corrected chi connectivity index (χ0v) is 22.6. The number of Topliss-reactive ketones (excluding diaryl/α,β-unsaturated/α-hetero) is 1. The molecule has 0 N–H and O–H groups in total. The Balaban J connectivity index is 1.20. The van der Waals surface area contributed by atoms with E-state index in [0.717, 1.165) is 42.4 Å². The van der Waals surface area contributed by atoms with Gasteiger partial charge in [0.2, 0.25) is 0 Å². The molecule has 0 amide bonds. The minimum atomic E-state index is 0.417. The third-order valence-corrected chi connectivity index (χ3v) is 10.2. The van der Waals surface area contributed by atoms with Crippen LogP contribution in [0, 0.1) is 35.5 Å². The summed E-state index contributed by atoms with van der Waals surface area (Å²) < 4.78 is 0. The Morgan fingerprint density at radius 3 is 1.27 bits per heavy atom. The summed E-state index contributed by atoms with van der Waals surface area (Å²) in [6, 6.07) is 0. The molecule has 0 aliphatic heterocycles. The number of hydrogen-bond donors (Lipinski definition) is 0. The number of carbonyl (C=O) groups is 1. The lowest BCUT2D eigenvalue weighted by atomic mass is 9.73. The highest BCUT2D eigenvalue weighted by atomic mass is 16.1. The summed E-state index contributed by atoms with van der Waals surface area (Å²) in [7, 11) is 0. The van der Waals surface area contributed by atoms with E-state index >= 15 is 0 Å². The first-order valence-electron chi connectivity index (χ1n) is 15.7. The van der Waals surface area contributed by atoms with Crippen molar-refractivity contribution in [3.05, 3.63) is 0 Å². The first-order chi connectivity index (χ1) is 16.2. The second kappa shape index (κ2) is 15.6. The van der Waals surface area contributed by atoms with Gasteiger partial charge in [-0.15, -0.1) is 0 Å². The van der Waals surface area contributed by atoms with Crippen LogP contribution in [0.4, 0.5) is 0 Å². The van der Waals surface area contributed by atoms with E-state index in [1.807, 2.05) is 0 Å². The lowest BCUT2D eigenvalue weighted by Gasteiger charge is -2.33. The van der Waals surface area contributed by atoms with E-state index in [0.29, 0.717) is 11.7 Å². The second-order valence-electron chi connectivity index (χ2n) is 12.7. The third-order valence-electron chi connectivity index (χ3n) is 10.2. The van der Waals surface area contributed by atoms with Crippen LogP contribution in [0.5, 0.6) is 0 Å². The quantitative estimate of drug-likeness (QED) is 0.236. The molecule has 0 aromatic heterocycles. The Morgan fingerprint density at radius 1 is 0.485 bits per heavy atom. The van der Waals surface area contributed by atoms with Crippen LogP contribution in [0.15, 0.2) is 0 Å². The summed E-state index contributed by atoms with van der Waals surface area (Å²) in [6.07, 6.45) is 31.9. The molecule has 0 unspecified atom stereocenters. The van der Waals surface area contributed by atoms with E-state index in [1.165, 1.54) is 135 Å². The van der Waals surface area contributed by atoms with Gasteiger partial charge in [0.05, 0.1) is 0 Å². The zero-order chi connectivity index (χ0) is 23.3. The van der Waals surface area contributed by atoms with Crippen molar-refractivity contribution >= 4 is 5.78 Å². The van der Waals surface area contributed by atoms with Crippen LogP contribution < -0.4 is 0 Å². The number of ketones is 1.